The van der Waals surface area contributed by atoms with Gasteiger partial charge in [0.25, 0.3) is 0 Å². The number of aliphatic hydroxyl groups is 1. The lowest BCUT2D eigenvalue weighted by Crippen LogP contribution is -2.43. The predicted octanol–water partition coefficient (Wildman–Crippen LogP) is 4.59. The van der Waals surface area contributed by atoms with Gasteiger partial charge in [-0.1, -0.05) is 30.4 Å². The molecule has 1 aromatic heterocycles. The van der Waals surface area contributed by atoms with Gasteiger partial charge in [-0.3, -0.25) is 0 Å². The molecule has 0 aliphatic carbocycles. The van der Waals surface area contributed by atoms with E-state index in [2.05, 4.69) is 10.1 Å². The summed E-state index contributed by atoms with van der Waals surface area (Å²) in [6, 6.07) is 9.10. The Bertz CT molecular complexity index is 1340. The van der Waals surface area contributed by atoms with E-state index in [4.69, 9.17) is 14.7 Å². The van der Waals surface area contributed by atoms with Crippen LogP contribution in [0.25, 0.3) is 6.08 Å². The summed E-state index contributed by atoms with van der Waals surface area (Å²) in [6.07, 6.45) is 9.07. The van der Waals surface area contributed by atoms with Crippen LogP contribution in [0, 0.1) is 28.8 Å². The number of allylic oxidation sites excluding steroid dienone is 2. The summed E-state index contributed by atoms with van der Waals surface area (Å²) < 4.78 is 55.8. The molecule has 1 saturated heterocycles. The highest BCUT2D eigenvalue weighted by Gasteiger charge is 2.41. The number of halogens is 3. The first-order valence-corrected chi connectivity index (χ1v) is 12.7. The number of aromatic nitrogens is 3. The van der Waals surface area contributed by atoms with Crippen molar-refractivity contribution in [3.8, 4) is 6.07 Å². The molecule has 2 heterocycles. The van der Waals surface area contributed by atoms with E-state index >= 15 is 0 Å². The van der Waals surface area contributed by atoms with E-state index in [1.165, 1.54) is 41.2 Å². The van der Waals surface area contributed by atoms with Crippen LogP contribution in [0.5, 0.6) is 0 Å². The molecule has 4 atom stereocenters. The Morgan fingerprint density at radius 3 is 2.71 bits per heavy atom. The van der Waals surface area contributed by atoms with Crippen LogP contribution in [0.4, 0.5) is 13.2 Å². The average molecular weight is 543 g/mol. The summed E-state index contributed by atoms with van der Waals surface area (Å²) in [4.78, 5) is 3.86. The maximum atomic E-state index is 14.7. The van der Waals surface area contributed by atoms with E-state index in [0.29, 0.717) is 5.56 Å². The molecule has 1 aliphatic heterocycles. The van der Waals surface area contributed by atoms with Crippen LogP contribution in [0.15, 0.2) is 67.3 Å². The molecule has 0 bridgehead atoms. The Hall–Kier alpha value is -3.43. The van der Waals surface area contributed by atoms with Crippen molar-refractivity contribution in [2.24, 2.45) is 0 Å². The smallest absolute Gasteiger partial charge is 0.137 e. The molecule has 7 nitrogen and oxygen atoms in total. The van der Waals surface area contributed by atoms with E-state index in [0.717, 1.165) is 18.2 Å². The van der Waals surface area contributed by atoms with Gasteiger partial charge in [0.15, 0.2) is 0 Å². The van der Waals surface area contributed by atoms with Crippen molar-refractivity contribution in [1.82, 2.24) is 14.8 Å². The van der Waals surface area contributed by atoms with Gasteiger partial charge in [-0.05, 0) is 37.3 Å². The van der Waals surface area contributed by atoms with Crippen molar-refractivity contribution in [1.29, 1.82) is 5.26 Å². The summed E-state index contributed by atoms with van der Waals surface area (Å²) in [5.41, 5.74) is -1.86. The van der Waals surface area contributed by atoms with Crippen molar-refractivity contribution >= 4 is 17.8 Å². The largest absolute Gasteiger partial charge is 0.382 e. The molecule has 4 rings (SSSR count). The number of nitrogens with zero attached hydrogens (tertiary/aromatic N) is 4. The van der Waals surface area contributed by atoms with Gasteiger partial charge in [-0.25, -0.2) is 22.8 Å². The minimum absolute atomic E-state index is 0.146. The second kappa shape index (κ2) is 12.4. The Labute approximate surface area is 222 Å². The first-order valence-electron chi connectivity index (χ1n) is 11.7. The molecule has 0 spiro atoms. The van der Waals surface area contributed by atoms with Crippen LogP contribution in [0.2, 0.25) is 0 Å². The van der Waals surface area contributed by atoms with Crippen molar-refractivity contribution in [2.75, 3.05) is 13.2 Å². The highest BCUT2D eigenvalue weighted by atomic mass is 32.2. The summed E-state index contributed by atoms with van der Waals surface area (Å²) in [5, 5.41) is 23.8. The molecule has 0 radical (unpaired) electrons. The zero-order valence-electron chi connectivity index (χ0n) is 20.4. The third-order valence-electron chi connectivity index (χ3n) is 6.03. The van der Waals surface area contributed by atoms with Gasteiger partial charge in [0.05, 0.1) is 37.5 Å². The van der Waals surface area contributed by atoms with Crippen LogP contribution in [-0.4, -0.2) is 49.9 Å². The summed E-state index contributed by atoms with van der Waals surface area (Å²) in [6.45, 7) is 1.99. The van der Waals surface area contributed by atoms with E-state index in [1.54, 1.807) is 37.3 Å². The molecule has 0 saturated carbocycles. The van der Waals surface area contributed by atoms with Gasteiger partial charge in [-0.2, -0.15) is 10.4 Å². The molecule has 198 valence electrons. The fourth-order valence-electron chi connectivity index (χ4n) is 3.93. The Balaban J connectivity index is 1.36. The van der Waals surface area contributed by atoms with E-state index in [1.807, 2.05) is 6.07 Å². The molecule has 0 amide bonds. The van der Waals surface area contributed by atoms with Gasteiger partial charge < -0.3 is 14.6 Å². The third-order valence-corrected chi connectivity index (χ3v) is 7.40. The summed E-state index contributed by atoms with van der Waals surface area (Å²) in [5.74, 6) is -1.89. The first-order chi connectivity index (χ1) is 18.3. The molecular formula is C27H25F3N4O3S. The number of rotatable bonds is 9. The minimum atomic E-state index is -1.82. The fraction of sp³-hybridized carbons (Fsp3) is 0.296. The van der Waals surface area contributed by atoms with Gasteiger partial charge in [0.2, 0.25) is 0 Å². The Morgan fingerprint density at radius 1 is 1.18 bits per heavy atom. The second-order valence-electron chi connectivity index (χ2n) is 8.65. The van der Waals surface area contributed by atoms with Crippen molar-refractivity contribution in [3.63, 3.8) is 0 Å². The van der Waals surface area contributed by atoms with Crippen LogP contribution in [0.3, 0.4) is 0 Å². The van der Waals surface area contributed by atoms with Crippen LogP contribution >= 0.6 is 11.8 Å². The quantitative estimate of drug-likeness (QED) is 0.396. The monoisotopic (exact) mass is 542 g/mol. The SMILES string of the molecule is C[C@@H](S[C@@H]1CO[C@@H](C=CC=Cc2ccc(C#N)cc2F)CO1)[C@](O)(Cn1cncn1)c1cc(F)ccc1F. The van der Waals surface area contributed by atoms with E-state index in [9.17, 15) is 18.3 Å². The lowest BCUT2D eigenvalue weighted by Gasteiger charge is -2.37. The molecule has 1 fully saturated rings. The fourth-order valence-corrected chi connectivity index (χ4v) is 5.13. The third kappa shape index (κ3) is 6.71. The lowest BCUT2D eigenvalue weighted by molar-refractivity contribution is -0.0831. The number of ether oxygens (including phenoxy) is 2. The van der Waals surface area contributed by atoms with Crippen LogP contribution in [0.1, 0.15) is 23.6 Å². The maximum absolute atomic E-state index is 14.7. The molecule has 2 aromatic carbocycles. The van der Waals surface area contributed by atoms with E-state index < -0.39 is 33.7 Å². The predicted molar refractivity (Wildman–Crippen MR) is 136 cm³/mol. The Morgan fingerprint density at radius 2 is 2.03 bits per heavy atom. The number of benzene rings is 2. The molecule has 11 heteroatoms. The summed E-state index contributed by atoms with van der Waals surface area (Å²) >= 11 is 1.24. The number of nitriles is 1. The summed E-state index contributed by atoms with van der Waals surface area (Å²) in [7, 11) is 0. The van der Waals surface area contributed by atoms with Gasteiger partial charge in [0.1, 0.15) is 41.1 Å². The molecule has 1 aliphatic rings. The molecule has 38 heavy (non-hydrogen) atoms. The van der Waals surface area contributed by atoms with Crippen molar-refractivity contribution in [3.05, 3.63) is 101 Å². The molecule has 0 unspecified atom stereocenters. The zero-order chi connectivity index (χ0) is 27.1. The number of hydrogen-bond donors (Lipinski definition) is 1. The van der Waals surface area contributed by atoms with Crippen LogP contribution < -0.4 is 0 Å². The number of hydrogen-bond acceptors (Lipinski definition) is 7. The average Bonchev–Trinajstić information content (AvgIpc) is 3.42. The Kier molecular flexibility index (Phi) is 9.01. The lowest BCUT2D eigenvalue weighted by atomic mass is 9.90. The maximum Gasteiger partial charge on any atom is 0.137 e. The van der Waals surface area contributed by atoms with Crippen LogP contribution in [-0.2, 0) is 21.6 Å². The van der Waals surface area contributed by atoms with E-state index in [-0.39, 0.29) is 37.0 Å². The molecule has 1 N–H and O–H groups in total. The van der Waals surface area contributed by atoms with Crippen molar-refractivity contribution < 1.29 is 27.8 Å². The highest BCUT2D eigenvalue weighted by molar-refractivity contribution is 8.00. The second-order valence-corrected chi connectivity index (χ2v) is 10.2. The van der Waals surface area contributed by atoms with Crippen molar-refractivity contribution in [2.45, 2.75) is 35.9 Å². The first kappa shape index (κ1) is 27.6. The normalized spacial score (nSPS) is 20.4. The zero-order valence-corrected chi connectivity index (χ0v) is 21.2. The molecular weight excluding hydrogens is 517 g/mol. The topological polar surface area (TPSA) is 93.2 Å². The van der Waals surface area contributed by atoms with Gasteiger partial charge >= 0.3 is 0 Å². The minimum Gasteiger partial charge on any atom is -0.382 e. The van der Waals surface area contributed by atoms with Gasteiger partial charge in [-0.15, -0.1) is 11.8 Å². The number of thioether (sulfide) groups is 1. The molecule has 3 aromatic rings. The highest BCUT2D eigenvalue weighted by Crippen LogP contribution is 2.39. The standard InChI is InChI=1S/C27H25F3N4O3S/c1-18(27(35,15-34-17-32-16-33-34)23-11-21(28)8-9-24(23)29)38-26-14-36-22(13-37-26)5-3-2-4-20-7-6-19(12-31)10-25(20)30/h2-11,16-18,22,26,35H,13-15H2,1H3/t18-,22+,26-,27-/m1/s1. The van der Waals surface area contributed by atoms with Gasteiger partial charge in [0, 0.05) is 16.4 Å².